The Morgan fingerprint density at radius 2 is 1.81 bits per heavy atom. The summed E-state index contributed by atoms with van der Waals surface area (Å²) in [6.07, 6.45) is 0. The lowest BCUT2D eigenvalue weighted by molar-refractivity contribution is 0.282. The number of hydrogen-bond donors (Lipinski definition) is 1. The fourth-order valence-electron chi connectivity index (χ4n) is 2.43. The van der Waals surface area contributed by atoms with Crippen LogP contribution in [0.2, 0.25) is 0 Å². The second kappa shape index (κ2) is 6.04. The van der Waals surface area contributed by atoms with Crippen molar-refractivity contribution in [1.29, 1.82) is 0 Å². The molecule has 1 fully saturated rings. The van der Waals surface area contributed by atoms with Gasteiger partial charge in [-0.2, -0.15) is 4.31 Å². The average Bonchev–Trinajstić information content (AvgIpc) is 2.37. The molecule has 1 saturated heterocycles. The van der Waals surface area contributed by atoms with Gasteiger partial charge in [0.25, 0.3) is 0 Å². The second-order valence-electron chi connectivity index (χ2n) is 5.30. The molecule has 1 heterocycles. The van der Waals surface area contributed by atoms with Crippen LogP contribution >= 0.6 is 0 Å². The van der Waals surface area contributed by atoms with Gasteiger partial charge in [-0.1, -0.05) is 24.3 Å². The van der Waals surface area contributed by atoms with E-state index in [4.69, 9.17) is 5.11 Å². The molecule has 1 unspecified atom stereocenters. The molecule has 0 radical (unpaired) electrons. The largest absolute Gasteiger partial charge is 0.392 e. The molecule has 6 nitrogen and oxygen atoms in total. The lowest BCUT2D eigenvalue weighted by Gasteiger charge is -2.32. The second-order valence-corrected chi connectivity index (χ2v) is 9.46. The molecule has 1 aromatic carbocycles. The monoisotopic (exact) mass is 333 g/mol. The van der Waals surface area contributed by atoms with Gasteiger partial charge in [-0.25, -0.2) is 16.8 Å². The Kier molecular flexibility index (Phi) is 4.72. The zero-order valence-electron chi connectivity index (χ0n) is 11.8. The van der Waals surface area contributed by atoms with E-state index in [0.717, 1.165) is 0 Å². The number of sulfone groups is 1. The fourth-order valence-corrected chi connectivity index (χ4v) is 5.97. The summed E-state index contributed by atoms with van der Waals surface area (Å²) in [6, 6.07) is 6.14. The zero-order valence-corrected chi connectivity index (χ0v) is 13.4. The highest BCUT2D eigenvalue weighted by Gasteiger charge is 2.35. The molecule has 0 bridgehead atoms. The Hall–Kier alpha value is -0.960. The van der Waals surface area contributed by atoms with Crippen molar-refractivity contribution in [2.75, 3.05) is 18.1 Å². The maximum atomic E-state index is 12.4. The number of hydrogen-bond acceptors (Lipinski definition) is 5. The third kappa shape index (κ3) is 4.03. The molecule has 8 heteroatoms. The molecule has 0 amide bonds. The van der Waals surface area contributed by atoms with Crippen LogP contribution in [-0.4, -0.2) is 50.3 Å². The van der Waals surface area contributed by atoms with Gasteiger partial charge in [0, 0.05) is 12.6 Å². The number of nitrogens with zero attached hydrogens (tertiary/aromatic N) is 1. The van der Waals surface area contributed by atoms with Crippen LogP contribution in [-0.2, 0) is 32.2 Å². The summed E-state index contributed by atoms with van der Waals surface area (Å²) < 4.78 is 49.1. The van der Waals surface area contributed by atoms with Crippen molar-refractivity contribution in [2.45, 2.75) is 25.3 Å². The molecular formula is C13H19NO5S2. The van der Waals surface area contributed by atoms with E-state index in [9.17, 15) is 16.8 Å². The Labute approximate surface area is 125 Å². The van der Waals surface area contributed by atoms with Crippen molar-refractivity contribution in [1.82, 2.24) is 4.31 Å². The van der Waals surface area contributed by atoms with Crippen molar-refractivity contribution in [2.24, 2.45) is 0 Å². The first-order valence-corrected chi connectivity index (χ1v) is 10.1. The first kappa shape index (κ1) is 16.4. The van der Waals surface area contributed by atoms with Gasteiger partial charge in [0.1, 0.15) is 0 Å². The number of aliphatic hydroxyl groups excluding tert-OH is 1. The van der Waals surface area contributed by atoms with Crippen LogP contribution in [0, 0.1) is 0 Å². The lowest BCUT2D eigenvalue weighted by atomic mass is 10.2. The average molecular weight is 333 g/mol. The van der Waals surface area contributed by atoms with Crippen LogP contribution in [0.25, 0.3) is 0 Å². The summed E-state index contributed by atoms with van der Waals surface area (Å²) in [4.78, 5) is 0. The molecule has 1 aromatic rings. The number of sulfonamides is 1. The van der Waals surface area contributed by atoms with Gasteiger partial charge in [-0.3, -0.25) is 0 Å². The Bertz CT molecular complexity index is 695. The summed E-state index contributed by atoms with van der Waals surface area (Å²) in [5.74, 6) is -0.418. The molecule has 1 aliphatic heterocycles. The van der Waals surface area contributed by atoms with Crippen LogP contribution in [0.5, 0.6) is 0 Å². The molecule has 0 spiro atoms. The minimum atomic E-state index is -3.55. The SMILES string of the molecule is CC1CS(=O)(=O)CCN1S(=O)(=O)Cc1ccc(CO)cc1. The molecule has 0 aliphatic carbocycles. The fraction of sp³-hybridized carbons (Fsp3) is 0.538. The van der Waals surface area contributed by atoms with Crippen molar-refractivity contribution in [3.8, 4) is 0 Å². The van der Waals surface area contributed by atoms with E-state index in [1.165, 1.54) is 4.31 Å². The molecule has 21 heavy (non-hydrogen) atoms. The van der Waals surface area contributed by atoms with E-state index in [0.29, 0.717) is 11.1 Å². The summed E-state index contributed by atoms with van der Waals surface area (Å²) in [5.41, 5.74) is 1.33. The van der Waals surface area contributed by atoms with Crippen molar-refractivity contribution >= 4 is 19.9 Å². The third-order valence-electron chi connectivity index (χ3n) is 3.52. The van der Waals surface area contributed by atoms with Crippen molar-refractivity contribution in [3.63, 3.8) is 0 Å². The van der Waals surface area contributed by atoms with Gasteiger partial charge in [-0.05, 0) is 18.1 Å². The minimum absolute atomic E-state index is 0.0144. The van der Waals surface area contributed by atoms with Gasteiger partial charge < -0.3 is 5.11 Å². The Morgan fingerprint density at radius 1 is 1.24 bits per heavy atom. The van der Waals surface area contributed by atoms with Crippen LogP contribution in [0.3, 0.4) is 0 Å². The molecule has 1 N–H and O–H groups in total. The lowest BCUT2D eigenvalue weighted by Crippen LogP contribution is -2.49. The van der Waals surface area contributed by atoms with Crippen molar-refractivity contribution in [3.05, 3.63) is 35.4 Å². The first-order chi connectivity index (χ1) is 9.73. The molecule has 118 valence electrons. The molecule has 1 aliphatic rings. The van der Waals surface area contributed by atoms with E-state index >= 15 is 0 Å². The Morgan fingerprint density at radius 3 is 2.33 bits per heavy atom. The molecular weight excluding hydrogens is 314 g/mol. The van der Waals surface area contributed by atoms with E-state index in [2.05, 4.69) is 0 Å². The van der Waals surface area contributed by atoms with Crippen LogP contribution in [0.15, 0.2) is 24.3 Å². The van der Waals surface area contributed by atoms with E-state index in [-0.39, 0.29) is 30.4 Å². The quantitative estimate of drug-likeness (QED) is 0.845. The normalized spacial score (nSPS) is 23.0. The topological polar surface area (TPSA) is 91.8 Å². The van der Waals surface area contributed by atoms with Gasteiger partial charge in [0.05, 0.1) is 23.9 Å². The molecule has 0 saturated carbocycles. The van der Waals surface area contributed by atoms with Gasteiger partial charge >= 0.3 is 0 Å². The highest BCUT2D eigenvalue weighted by Crippen LogP contribution is 2.19. The summed E-state index contributed by atoms with van der Waals surface area (Å²) in [6.45, 7) is 1.54. The number of benzene rings is 1. The summed E-state index contributed by atoms with van der Waals surface area (Å²) in [5, 5.41) is 8.97. The van der Waals surface area contributed by atoms with Gasteiger partial charge in [-0.15, -0.1) is 0 Å². The standard InChI is InChI=1S/C13H19NO5S2/c1-11-9-20(16,17)7-6-14(11)21(18,19)10-13-4-2-12(8-15)3-5-13/h2-5,11,15H,6-10H2,1H3. The zero-order chi connectivity index (χ0) is 15.7. The maximum absolute atomic E-state index is 12.4. The predicted molar refractivity (Wildman–Crippen MR) is 79.8 cm³/mol. The van der Waals surface area contributed by atoms with E-state index in [1.807, 2.05) is 0 Å². The highest BCUT2D eigenvalue weighted by atomic mass is 32.2. The van der Waals surface area contributed by atoms with E-state index in [1.54, 1.807) is 31.2 Å². The van der Waals surface area contributed by atoms with Gasteiger partial charge in [0.2, 0.25) is 10.0 Å². The van der Waals surface area contributed by atoms with Crippen LogP contribution in [0.1, 0.15) is 18.1 Å². The molecule has 0 aromatic heterocycles. The summed E-state index contributed by atoms with van der Waals surface area (Å²) >= 11 is 0. The van der Waals surface area contributed by atoms with Gasteiger partial charge in [0.15, 0.2) is 9.84 Å². The summed E-state index contributed by atoms with van der Waals surface area (Å²) in [7, 11) is -6.69. The maximum Gasteiger partial charge on any atom is 0.218 e. The minimum Gasteiger partial charge on any atom is -0.392 e. The predicted octanol–water partition coefficient (Wildman–Crippen LogP) is 0.128. The smallest absolute Gasteiger partial charge is 0.218 e. The molecule has 2 rings (SSSR count). The first-order valence-electron chi connectivity index (χ1n) is 6.62. The molecule has 1 atom stereocenters. The number of rotatable bonds is 4. The number of aliphatic hydroxyl groups is 1. The highest BCUT2D eigenvalue weighted by molar-refractivity contribution is 7.92. The Balaban J connectivity index is 2.14. The van der Waals surface area contributed by atoms with Crippen LogP contribution < -0.4 is 0 Å². The van der Waals surface area contributed by atoms with Crippen molar-refractivity contribution < 1.29 is 21.9 Å². The van der Waals surface area contributed by atoms with E-state index < -0.39 is 25.9 Å². The van der Waals surface area contributed by atoms with Crippen LogP contribution in [0.4, 0.5) is 0 Å². The third-order valence-corrected chi connectivity index (χ3v) is 7.27.